The molecule has 47 heavy (non-hydrogen) atoms. The van der Waals surface area contributed by atoms with Gasteiger partial charge in [0.25, 0.3) is 0 Å². The van der Waals surface area contributed by atoms with Crippen molar-refractivity contribution in [1.82, 2.24) is 15.5 Å². The molecule has 0 saturated carbocycles. The zero-order valence-electron chi connectivity index (χ0n) is 28.1. The van der Waals surface area contributed by atoms with Gasteiger partial charge in [0.05, 0.1) is 51.4 Å². The number of aliphatic imine (C=N–C) groups is 1. The number of anilines is 1. The van der Waals surface area contributed by atoms with Crippen molar-refractivity contribution >= 4 is 36.3 Å². The molecule has 2 heterocycles. The maximum absolute atomic E-state index is 13.1. The SMILES string of the molecule is CNCC(=O)N1CC(NC=O)CCCc2cc(OC)c(OCCCCCOc3cc(N=CC4CCCN4C=O)c(C)cc3OC)cc21. The Morgan fingerprint density at radius 1 is 0.957 bits per heavy atom. The van der Waals surface area contributed by atoms with E-state index in [1.54, 1.807) is 31.1 Å². The molecule has 0 spiro atoms. The van der Waals surface area contributed by atoms with Crippen LogP contribution in [-0.2, 0) is 20.8 Å². The fourth-order valence-corrected chi connectivity index (χ4v) is 6.06. The standard InChI is InChI=1S/C35H49N5O7/c1-25-16-31(44-3)33(18-29(25)37-20-28-12-9-13-39(28)24-42)46-14-6-5-7-15-47-34-19-30-26(17-32(34)45-4)10-8-11-27(38-23-41)22-40(30)35(43)21-36-2/h16-20,23-24,27-28,36H,5-15,21-22H2,1-4H3,(H,38,41). The van der Waals surface area contributed by atoms with Crippen molar-refractivity contribution in [3.05, 3.63) is 35.4 Å². The Labute approximate surface area is 277 Å². The number of nitrogens with one attached hydrogen (secondary N) is 2. The number of likely N-dealkylation sites (tertiary alicyclic amines) is 1. The van der Waals surface area contributed by atoms with Gasteiger partial charge < -0.3 is 39.4 Å². The first-order valence-corrected chi connectivity index (χ1v) is 16.5. The molecule has 2 aliphatic heterocycles. The number of unbranched alkanes of at least 4 members (excludes halogenated alkanes) is 2. The summed E-state index contributed by atoms with van der Waals surface area (Å²) >= 11 is 0. The number of carbonyl (C=O) groups excluding carboxylic acids is 3. The number of likely N-dealkylation sites (N-methyl/N-ethyl adjacent to an activating group) is 1. The normalized spacial score (nSPS) is 17.9. The lowest BCUT2D eigenvalue weighted by Crippen LogP contribution is -2.47. The molecule has 2 atom stereocenters. The van der Waals surface area contributed by atoms with Gasteiger partial charge in [0.2, 0.25) is 18.7 Å². The van der Waals surface area contributed by atoms with Gasteiger partial charge in [-0.15, -0.1) is 0 Å². The number of nitrogens with zero attached hydrogens (tertiary/aromatic N) is 3. The Balaban J connectivity index is 1.33. The second-order valence-corrected chi connectivity index (χ2v) is 11.9. The van der Waals surface area contributed by atoms with Crippen molar-refractivity contribution in [2.75, 3.05) is 59.0 Å². The predicted octanol–water partition coefficient (Wildman–Crippen LogP) is 3.97. The van der Waals surface area contributed by atoms with E-state index in [1.807, 2.05) is 37.4 Å². The highest BCUT2D eigenvalue weighted by Crippen LogP contribution is 2.38. The lowest BCUT2D eigenvalue weighted by molar-refractivity contribution is -0.118. The number of methoxy groups -OCH3 is 2. The molecule has 1 saturated heterocycles. The minimum atomic E-state index is -0.124. The van der Waals surface area contributed by atoms with Gasteiger partial charge in [-0.2, -0.15) is 0 Å². The van der Waals surface area contributed by atoms with Gasteiger partial charge in [-0.1, -0.05) is 0 Å². The van der Waals surface area contributed by atoms with Gasteiger partial charge in [0.15, 0.2) is 23.0 Å². The molecule has 4 rings (SSSR count). The zero-order valence-corrected chi connectivity index (χ0v) is 28.1. The Morgan fingerprint density at radius 3 is 2.36 bits per heavy atom. The van der Waals surface area contributed by atoms with Crippen LogP contribution in [0.4, 0.5) is 11.4 Å². The number of hydrogen-bond donors (Lipinski definition) is 2. The molecule has 2 aromatic carbocycles. The van der Waals surface area contributed by atoms with Gasteiger partial charge in [-0.05, 0) is 88.6 Å². The van der Waals surface area contributed by atoms with E-state index in [1.165, 1.54) is 0 Å². The molecule has 0 aromatic heterocycles. The summed E-state index contributed by atoms with van der Waals surface area (Å²) in [5.41, 5.74) is 3.56. The lowest BCUT2D eigenvalue weighted by Gasteiger charge is -2.32. The third-order valence-corrected chi connectivity index (χ3v) is 8.64. The highest BCUT2D eigenvalue weighted by molar-refractivity contribution is 5.96. The van der Waals surface area contributed by atoms with Crippen LogP contribution in [0.5, 0.6) is 23.0 Å². The van der Waals surface area contributed by atoms with Gasteiger partial charge in [0.1, 0.15) is 0 Å². The summed E-state index contributed by atoms with van der Waals surface area (Å²) in [6.45, 7) is 4.29. The zero-order chi connectivity index (χ0) is 33.6. The summed E-state index contributed by atoms with van der Waals surface area (Å²) in [6.07, 6.45) is 10.2. The van der Waals surface area contributed by atoms with E-state index >= 15 is 0 Å². The molecule has 3 amide bonds. The van der Waals surface area contributed by atoms with Crippen molar-refractivity contribution in [2.45, 2.75) is 70.4 Å². The number of aryl methyl sites for hydroxylation is 2. The molecule has 256 valence electrons. The molecule has 12 nitrogen and oxygen atoms in total. The topological polar surface area (TPSA) is 131 Å². The maximum Gasteiger partial charge on any atom is 0.241 e. The van der Waals surface area contributed by atoms with Gasteiger partial charge in [-0.3, -0.25) is 19.4 Å². The highest BCUT2D eigenvalue weighted by Gasteiger charge is 2.27. The third kappa shape index (κ3) is 9.60. The minimum absolute atomic E-state index is 0.0220. The van der Waals surface area contributed by atoms with Crippen LogP contribution in [0.2, 0.25) is 0 Å². The van der Waals surface area contributed by atoms with E-state index < -0.39 is 0 Å². The van der Waals surface area contributed by atoms with E-state index in [0.717, 1.165) is 86.8 Å². The molecular formula is C35H49N5O7. The Bertz CT molecular complexity index is 1380. The quantitative estimate of drug-likeness (QED) is 0.149. The molecule has 12 heteroatoms. The van der Waals surface area contributed by atoms with Crippen LogP contribution in [0.25, 0.3) is 0 Å². The van der Waals surface area contributed by atoms with Crippen LogP contribution in [0.1, 0.15) is 56.1 Å². The van der Waals surface area contributed by atoms with E-state index in [-0.39, 0.29) is 24.5 Å². The Kier molecular flexibility index (Phi) is 13.7. The fraction of sp³-hybridized carbons (Fsp3) is 0.543. The molecule has 0 bridgehead atoms. The minimum Gasteiger partial charge on any atom is -0.493 e. The average Bonchev–Trinajstić information content (AvgIpc) is 3.53. The number of hydrogen-bond acceptors (Lipinski definition) is 9. The van der Waals surface area contributed by atoms with Crippen LogP contribution >= 0.6 is 0 Å². The van der Waals surface area contributed by atoms with E-state index in [9.17, 15) is 14.4 Å². The van der Waals surface area contributed by atoms with Crippen molar-refractivity contribution in [1.29, 1.82) is 0 Å². The molecule has 1 fully saturated rings. The smallest absolute Gasteiger partial charge is 0.241 e. The number of amides is 3. The van der Waals surface area contributed by atoms with Gasteiger partial charge >= 0.3 is 0 Å². The van der Waals surface area contributed by atoms with Crippen LogP contribution in [0.15, 0.2) is 29.3 Å². The van der Waals surface area contributed by atoms with Crippen LogP contribution < -0.4 is 34.5 Å². The number of rotatable bonds is 17. The number of fused-ring (bicyclic) bond motifs is 1. The van der Waals surface area contributed by atoms with Crippen molar-refractivity contribution in [2.24, 2.45) is 4.99 Å². The van der Waals surface area contributed by atoms with E-state index in [2.05, 4.69) is 15.6 Å². The summed E-state index contributed by atoms with van der Waals surface area (Å²) < 4.78 is 23.5. The molecule has 2 N–H and O–H groups in total. The second-order valence-electron chi connectivity index (χ2n) is 11.9. The summed E-state index contributed by atoms with van der Waals surface area (Å²) in [7, 11) is 4.98. The largest absolute Gasteiger partial charge is 0.493 e. The molecular weight excluding hydrogens is 602 g/mol. The first kappa shape index (κ1) is 35.5. The van der Waals surface area contributed by atoms with Crippen molar-refractivity contribution < 1.29 is 33.3 Å². The summed E-state index contributed by atoms with van der Waals surface area (Å²) in [4.78, 5) is 43.8. The lowest BCUT2D eigenvalue weighted by atomic mass is 9.98. The highest BCUT2D eigenvalue weighted by atomic mass is 16.5. The van der Waals surface area contributed by atoms with E-state index in [4.69, 9.17) is 18.9 Å². The molecule has 2 aromatic rings. The first-order valence-electron chi connectivity index (χ1n) is 16.5. The predicted molar refractivity (Wildman–Crippen MR) is 182 cm³/mol. The average molecular weight is 652 g/mol. The fourth-order valence-electron chi connectivity index (χ4n) is 6.06. The molecule has 0 radical (unpaired) electrons. The summed E-state index contributed by atoms with van der Waals surface area (Å²) in [5, 5.41) is 5.80. The Hall–Kier alpha value is -4.32. The molecule has 0 aliphatic carbocycles. The Morgan fingerprint density at radius 2 is 1.68 bits per heavy atom. The molecule has 2 unspecified atom stereocenters. The van der Waals surface area contributed by atoms with E-state index in [0.29, 0.717) is 49.2 Å². The first-order chi connectivity index (χ1) is 22.9. The number of carbonyl (C=O) groups is 3. The monoisotopic (exact) mass is 651 g/mol. The van der Waals surface area contributed by atoms with Crippen LogP contribution in [-0.4, -0.2) is 96.0 Å². The maximum atomic E-state index is 13.1. The number of ether oxygens (including phenoxy) is 4. The molecule has 2 aliphatic rings. The number of benzene rings is 2. The van der Waals surface area contributed by atoms with Crippen LogP contribution in [0, 0.1) is 6.92 Å². The summed E-state index contributed by atoms with van der Waals surface area (Å²) in [6, 6.07) is 7.56. The van der Waals surface area contributed by atoms with Gasteiger partial charge in [0, 0.05) is 37.5 Å². The van der Waals surface area contributed by atoms with Crippen molar-refractivity contribution in [3.8, 4) is 23.0 Å². The van der Waals surface area contributed by atoms with Gasteiger partial charge in [-0.25, -0.2) is 0 Å². The summed E-state index contributed by atoms with van der Waals surface area (Å²) in [5.74, 6) is 2.42. The second kappa shape index (κ2) is 18.1. The van der Waals surface area contributed by atoms with Crippen molar-refractivity contribution in [3.63, 3.8) is 0 Å². The third-order valence-electron chi connectivity index (χ3n) is 8.64. The van der Waals surface area contributed by atoms with Crippen LogP contribution in [0.3, 0.4) is 0 Å².